The Morgan fingerprint density at radius 3 is 1.66 bits per heavy atom. The summed E-state index contributed by atoms with van der Waals surface area (Å²) in [5.74, 6) is -0.0865. The molecule has 0 aliphatic heterocycles. The van der Waals surface area contributed by atoms with E-state index in [0.29, 0.717) is 6.42 Å². The van der Waals surface area contributed by atoms with Crippen LogP contribution in [0.15, 0.2) is 109 Å². The van der Waals surface area contributed by atoms with Crippen molar-refractivity contribution in [3.8, 4) is 0 Å². The number of rotatable bonds is 7. The molecule has 35 heavy (non-hydrogen) atoms. The Bertz CT molecular complexity index is 1470. The van der Waals surface area contributed by atoms with Gasteiger partial charge >= 0.3 is 0 Å². The Balaban J connectivity index is 1.53. The molecule has 4 aromatic carbocycles. The first-order chi connectivity index (χ1) is 17.3. The van der Waals surface area contributed by atoms with Gasteiger partial charge in [-0.25, -0.2) is 9.97 Å². The zero-order valence-corrected chi connectivity index (χ0v) is 20.5. The van der Waals surface area contributed by atoms with Crippen molar-refractivity contribution in [3.05, 3.63) is 130 Å². The number of fused-ring (bicyclic) bond motifs is 2. The van der Waals surface area contributed by atoms with Gasteiger partial charge in [0.1, 0.15) is 10.0 Å². The molecule has 0 saturated carbocycles. The molecule has 0 amide bonds. The standard InChI is InChI=1S/C30H22N2OS2/c33-25(21-13-5-2-6-14-21)19-22(20-11-3-1-4-12-20)28(29-31-23-15-7-9-17-26(23)34-29)30-32-24-16-8-10-18-27(24)35-30/h1-18,22,28H,19H2. The van der Waals surface area contributed by atoms with Gasteiger partial charge in [-0.3, -0.25) is 4.79 Å². The van der Waals surface area contributed by atoms with E-state index in [9.17, 15) is 4.79 Å². The van der Waals surface area contributed by atoms with Crippen LogP contribution < -0.4 is 0 Å². The number of carbonyl (C=O) groups excluding carboxylic acids is 1. The minimum absolute atomic E-state index is 0.0926. The molecule has 0 fully saturated rings. The van der Waals surface area contributed by atoms with E-state index < -0.39 is 0 Å². The number of nitrogens with zero attached hydrogens (tertiary/aromatic N) is 2. The van der Waals surface area contributed by atoms with Gasteiger partial charge in [0.25, 0.3) is 0 Å². The largest absolute Gasteiger partial charge is 0.294 e. The van der Waals surface area contributed by atoms with E-state index in [1.165, 1.54) is 0 Å². The van der Waals surface area contributed by atoms with E-state index in [1.54, 1.807) is 22.7 Å². The van der Waals surface area contributed by atoms with Crippen LogP contribution in [-0.2, 0) is 0 Å². The lowest BCUT2D eigenvalue weighted by Crippen LogP contribution is -2.17. The van der Waals surface area contributed by atoms with Crippen LogP contribution in [0.2, 0.25) is 0 Å². The van der Waals surface area contributed by atoms with E-state index in [-0.39, 0.29) is 17.6 Å². The molecule has 2 heterocycles. The summed E-state index contributed by atoms with van der Waals surface area (Å²) >= 11 is 3.40. The average molecular weight is 491 g/mol. The summed E-state index contributed by atoms with van der Waals surface area (Å²) in [6, 6.07) is 36.4. The lowest BCUT2D eigenvalue weighted by atomic mass is 9.81. The zero-order valence-electron chi connectivity index (χ0n) is 18.9. The number of hydrogen-bond donors (Lipinski definition) is 0. The molecule has 0 N–H and O–H groups in total. The predicted octanol–water partition coefficient (Wildman–Crippen LogP) is 8.09. The van der Waals surface area contributed by atoms with E-state index in [1.807, 2.05) is 72.8 Å². The van der Waals surface area contributed by atoms with Crippen LogP contribution in [0.25, 0.3) is 20.4 Å². The first-order valence-corrected chi connectivity index (χ1v) is 13.2. The Morgan fingerprint density at radius 2 is 1.11 bits per heavy atom. The summed E-state index contributed by atoms with van der Waals surface area (Å²) < 4.78 is 2.30. The number of ketones is 1. The molecule has 6 aromatic rings. The van der Waals surface area contributed by atoms with Gasteiger partial charge in [-0.2, -0.15) is 0 Å². The molecule has 0 aliphatic rings. The third kappa shape index (κ3) is 4.41. The van der Waals surface area contributed by atoms with Gasteiger partial charge in [-0.1, -0.05) is 84.9 Å². The molecule has 0 aliphatic carbocycles. The summed E-state index contributed by atoms with van der Waals surface area (Å²) in [6.45, 7) is 0. The van der Waals surface area contributed by atoms with E-state index in [4.69, 9.17) is 9.97 Å². The van der Waals surface area contributed by atoms with Crippen LogP contribution in [0.5, 0.6) is 0 Å². The van der Waals surface area contributed by atoms with Crippen molar-refractivity contribution < 1.29 is 4.79 Å². The highest BCUT2D eigenvalue weighted by molar-refractivity contribution is 7.20. The maximum Gasteiger partial charge on any atom is 0.163 e. The Hall–Kier alpha value is -3.67. The van der Waals surface area contributed by atoms with Crippen molar-refractivity contribution in [2.75, 3.05) is 0 Å². The van der Waals surface area contributed by atoms with Crippen molar-refractivity contribution in [1.82, 2.24) is 9.97 Å². The number of aromatic nitrogens is 2. The first-order valence-electron chi connectivity index (χ1n) is 11.6. The van der Waals surface area contributed by atoms with Gasteiger partial charge in [0, 0.05) is 17.9 Å². The summed E-state index contributed by atoms with van der Waals surface area (Å²) in [5, 5.41) is 2.00. The normalized spacial score (nSPS) is 12.4. The zero-order chi connectivity index (χ0) is 23.6. The van der Waals surface area contributed by atoms with E-state index in [2.05, 4.69) is 36.4 Å². The maximum absolute atomic E-state index is 13.5. The summed E-state index contributed by atoms with van der Waals surface area (Å²) in [5.41, 5.74) is 3.83. The summed E-state index contributed by atoms with van der Waals surface area (Å²) in [6.07, 6.45) is 0.380. The Kier molecular flexibility index (Phi) is 5.94. The van der Waals surface area contributed by atoms with Crippen LogP contribution >= 0.6 is 22.7 Å². The van der Waals surface area contributed by atoms with Gasteiger partial charge in [-0.05, 0) is 29.8 Å². The molecule has 0 saturated heterocycles. The van der Waals surface area contributed by atoms with Crippen molar-refractivity contribution in [2.45, 2.75) is 18.3 Å². The molecule has 5 heteroatoms. The highest BCUT2D eigenvalue weighted by Crippen LogP contribution is 2.45. The Labute approximate surface area is 211 Å². The minimum Gasteiger partial charge on any atom is -0.294 e. The second-order valence-electron chi connectivity index (χ2n) is 8.53. The van der Waals surface area contributed by atoms with Crippen molar-refractivity contribution in [3.63, 3.8) is 0 Å². The van der Waals surface area contributed by atoms with E-state index in [0.717, 1.165) is 41.6 Å². The molecule has 1 unspecified atom stereocenters. The van der Waals surface area contributed by atoms with Crippen molar-refractivity contribution >= 4 is 48.9 Å². The molecule has 6 rings (SSSR count). The summed E-state index contributed by atoms with van der Waals surface area (Å²) in [4.78, 5) is 23.6. The molecule has 0 spiro atoms. The highest BCUT2D eigenvalue weighted by Gasteiger charge is 2.33. The number of thiazole rings is 2. The molecular formula is C30H22N2OS2. The van der Waals surface area contributed by atoms with Gasteiger partial charge < -0.3 is 0 Å². The molecule has 2 aromatic heterocycles. The van der Waals surface area contributed by atoms with Crippen LogP contribution in [0.3, 0.4) is 0 Å². The number of hydrogen-bond acceptors (Lipinski definition) is 5. The third-order valence-corrected chi connectivity index (χ3v) is 8.52. The quantitative estimate of drug-likeness (QED) is 0.212. The molecular weight excluding hydrogens is 468 g/mol. The fraction of sp³-hybridized carbons (Fsp3) is 0.100. The third-order valence-electron chi connectivity index (χ3n) is 6.28. The lowest BCUT2D eigenvalue weighted by molar-refractivity contribution is 0.0971. The second kappa shape index (κ2) is 9.53. The fourth-order valence-corrected chi connectivity index (χ4v) is 6.91. The van der Waals surface area contributed by atoms with Crippen LogP contribution in [0, 0.1) is 0 Å². The first kappa shape index (κ1) is 21.8. The molecule has 170 valence electrons. The molecule has 1 atom stereocenters. The van der Waals surface area contributed by atoms with Crippen molar-refractivity contribution in [1.29, 1.82) is 0 Å². The van der Waals surface area contributed by atoms with Crippen LogP contribution in [0.1, 0.15) is 44.2 Å². The predicted molar refractivity (Wildman–Crippen MR) is 146 cm³/mol. The van der Waals surface area contributed by atoms with Crippen LogP contribution in [-0.4, -0.2) is 15.8 Å². The van der Waals surface area contributed by atoms with Gasteiger partial charge in [-0.15, -0.1) is 22.7 Å². The Morgan fingerprint density at radius 1 is 0.629 bits per heavy atom. The monoisotopic (exact) mass is 490 g/mol. The number of para-hydroxylation sites is 2. The smallest absolute Gasteiger partial charge is 0.163 e. The molecule has 3 nitrogen and oxygen atoms in total. The SMILES string of the molecule is O=C(CC(c1ccccc1)C(c1nc2ccccc2s1)c1nc2ccccc2s1)c1ccccc1. The minimum atomic E-state index is -0.125. The van der Waals surface area contributed by atoms with Gasteiger partial charge in [0.2, 0.25) is 0 Å². The number of carbonyl (C=O) groups is 1. The number of benzene rings is 4. The lowest BCUT2D eigenvalue weighted by Gasteiger charge is -2.24. The summed E-state index contributed by atoms with van der Waals surface area (Å²) in [7, 11) is 0. The highest BCUT2D eigenvalue weighted by atomic mass is 32.1. The van der Waals surface area contributed by atoms with Gasteiger partial charge in [0.15, 0.2) is 5.78 Å². The van der Waals surface area contributed by atoms with E-state index >= 15 is 0 Å². The average Bonchev–Trinajstić information content (AvgIpc) is 3.53. The number of Topliss-reactive ketones (excluding diaryl/α,β-unsaturated/α-hetero) is 1. The van der Waals surface area contributed by atoms with Crippen molar-refractivity contribution in [2.24, 2.45) is 0 Å². The second-order valence-corrected chi connectivity index (χ2v) is 10.7. The molecule has 0 radical (unpaired) electrons. The fourth-order valence-electron chi connectivity index (χ4n) is 4.57. The van der Waals surface area contributed by atoms with Crippen LogP contribution in [0.4, 0.5) is 0 Å². The molecule has 0 bridgehead atoms. The maximum atomic E-state index is 13.5. The van der Waals surface area contributed by atoms with Gasteiger partial charge in [0.05, 0.1) is 26.4 Å². The topological polar surface area (TPSA) is 42.9 Å².